The smallest absolute Gasteiger partial charge is 0.256 e. The van der Waals surface area contributed by atoms with Gasteiger partial charge in [-0.25, -0.2) is 4.39 Å². The molecule has 2 aromatic carbocycles. The fraction of sp³-hybridized carbons (Fsp3) is 0.409. The third kappa shape index (κ3) is 5.30. The summed E-state index contributed by atoms with van der Waals surface area (Å²) in [4.78, 5) is 14.2. The minimum Gasteiger partial charge on any atom is -0.457 e. The number of hydrogen-bond acceptors (Lipinski definition) is 4. The van der Waals surface area contributed by atoms with Crippen LogP contribution in [0.2, 0.25) is 0 Å². The molecule has 1 atom stereocenters. The molecule has 1 saturated heterocycles. The summed E-state index contributed by atoms with van der Waals surface area (Å²) in [6, 6.07) is 11.8. The molecule has 0 aliphatic carbocycles. The topological polar surface area (TPSA) is 64.8 Å². The van der Waals surface area contributed by atoms with E-state index in [-0.39, 0.29) is 17.6 Å². The zero-order valence-corrected chi connectivity index (χ0v) is 16.2. The highest BCUT2D eigenvalue weighted by atomic mass is 19.1. The molecule has 5 nitrogen and oxygen atoms in total. The monoisotopic (exact) mass is 386 g/mol. The van der Waals surface area contributed by atoms with Gasteiger partial charge in [0.15, 0.2) is 0 Å². The summed E-state index contributed by atoms with van der Waals surface area (Å²) in [5.74, 6) is 0.0934. The summed E-state index contributed by atoms with van der Waals surface area (Å²) >= 11 is 0. The third-order valence-electron chi connectivity index (χ3n) is 4.86. The van der Waals surface area contributed by atoms with Crippen LogP contribution in [0.3, 0.4) is 0 Å². The van der Waals surface area contributed by atoms with Crippen LogP contribution >= 0.6 is 0 Å². The molecule has 1 aliphatic heterocycles. The van der Waals surface area contributed by atoms with Crippen LogP contribution in [0.5, 0.6) is 11.5 Å². The summed E-state index contributed by atoms with van der Waals surface area (Å²) < 4.78 is 25.8. The molecular formula is C22H27FN2O3. The van der Waals surface area contributed by atoms with Crippen LogP contribution in [-0.4, -0.2) is 43.7 Å². The van der Waals surface area contributed by atoms with E-state index in [1.807, 2.05) is 24.3 Å². The van der Waals surface area contributed by atoms with Gasteiger partial charge in [-0.05, 0) is 68.1 Å². The number of likely N-dealkylation sites (N-methyl/N-ethyl adjacent to an activating group) is 1. The molecule has 0 spiro atoms. The van der Waals surface area contributed by atoms with Gasteiger partial charge in [-0.15, -0.1) is 0 Å². The van der Waals surface area contributed by atoms with Crippen LogP contribution < -0.4 is 10.5 Å². The van der Waals surface area contributed by atoms with Crippen LogP contribution in [0, 0.1) is 5.82 Å². The number of carbonyl (C=O) groups is 1. The normalized spacial score (nSPS) is 16.6. The predicted octanol–water partition coefficient (Wildman–Crippen LogP) is 3.76. The Bertz CT molecular complexity index is 789. The molecular weight excluding hydrogens is 359 g/mol. The molecule has 2 N–H and O–H groups in total. The summed E-state index contributed by atoms with van der Waals surface area (Å²) in [6.07, 6.45) is 3.87. The second-order valence-corrected chi connectivity index (χ2v) is 7.10. The molecule has 1 unspecified atom stereocenters. The van der Waals surface area contributed by atoms with Crippen LogP contribution in [0.25, 0.3) is 0 Å². The first-order valence-electron chi connectivity index (χ1n) is 9.70. The van der Waals surface area contributed by atoms with E-state index in [2.05, 4.69) is 0 Å². The van der Waals surface area contributed by atoms with Crippen molar-refractivity contribution in [3.8, 4) is 11.5 Å². The first kappa shape index (κ1) is 20.3. The maximum Gasteiger partial charge on any atom is 0.256 e. The Balaban J connectivity index is 1.68. The zero-order chi connectivity index (χ0) is 19.9. The van der Waals surface area contributed by atoms with E-state index in [4.69, 9.17) is 15.2 Å². The first-order valence-corrected chi connectivity index (χ1v) is 9.70. The molecule has 0 aromatic heterocycles. The Morgan fingerprint density at radius 3 is 2.64 bits per heavy atom. The van der Waals surface area contributed by atoms with Gasteiger partial charge in [-0.3, -0.25) is 4.79 Å². The minimum absolute atomic E-state index is 0.00411. The van der Waals surface area contributed by atoms with Crippen LogP contribution in [0.4, 0.5) is 4.39 Å². The van der Waals surface area contributed by atoms with E-state index < -0.39 is 5.82 Å². The number of nitrogens with zero attached hydrogens (tertiary/aromatic N) is 1. The fourth-order valence-electron chi connectivity index (χ4n) is 3.30. The van der Waals surface area contributed by atoms with Crippen molar-refractivity contribution < 1.29 is 18.7 Å². The van der Waals surface area contributed by atoms with Crippen molar-refractivity contribution in [1.29, 1.82) is 0 Å². The van der Waals surface area contributed by atoms with E-state index in [1.165, 1.54) is 23.1 Å². The van der Waals surface area contributed by atoms with E-state index in [1.54, 1.807) is 7.05 Å². The van der Waals surface area contributed by atoms with Gasteiger partial charge in [0, 0.05) is 20.2 Å². The molecule has 28 heavy (non-hydrogen) atoms. The van der Waals surface area contributed by atoms with E-state index >= 15 is 0 Å². The molecule has 1 aliphatic rings. The molecule has 6 heteroatoms. The van der Waals surface area contributed by atoms with Gasteiger partial charge in [-0.1, -0.05) is 12.1 Å². The van der Waals surface area contributed by atoms with Gasteiger partial charge in [0.05, 0.1) is 11.7 Å². The largest absolute Gasteiger partial charge is 0.457 e. The first-order chi connectivity index (χ1) is 13.6. The van der Waals surface area contributed by atoms with Gasteiger partial charge in [0.1, 0.15) is 17.3 Å². The van der Waals surface area contributed by atoms with E-state index in [0.717, 1.165) is 31.2 Å². The quantitative estimate of drug-likeness (QED) is 0.787. The van der Waals surface area contributed by atoms with Crippen molar-refractivity contribution in [2.75, 3.05) is 26.7 Å². The van der Waals surface area contributed by atoms with Gasteiger partial charge in [0.2, 0.25) is 0 Å². The average Bonchev–Trinajstić information content (AvgIpc) is 2.71. The molecule has 1 heterocycles. The lowest BCUT2D eigenvalue weighted by molar-refractivity contribution is -0.000273. The Kier molecular flexibility index (Phi) is 7.01. The number of amides is 1. The molecule has 0 bridgehead atoms. The highest BCUT2D eigenvalue weighted by molar-refractivity contribution is 5.94. The Morgan fingerprint density at radius 1 is 1.21 bits per heavy atom. The SMILES string of the molecule is CN(CC1CCCCO1)C(=O)c1cc(Oc2ccc(CCN)cc2)ccc1F. The molecule has 1 fully saturated rings. The van der Waals surface area contributed by atoms with Crippen molar-refractivity contribution in [2.45, 2.75) is 31.8 Å². The number of rotatable bonds is 7. The summed E-state index contributed by atoms with van der Waals surface area (Å²) in [5.41, 5.74) is 6.67. The average molecular weight is 386 g/mol. The zero-order valence-electron chi connectivity index (χ0n) is 16.2. The van der Waals surface area contributed by atoms with Crippen LogP contribution in [0.15, 0.2) is 42.5 Å². The molecule has 3 rings (SSSR count). The second kappa shape index (κ2) is 9.66. The van der Waals surface area contributed by atoms with Gasteiger partial charge >= 0.3 is 0 Å². The molecule has 1 amide bonds. The predicted molar refractivity (Wildman–Crippen MR) is 106 cm³/mol. The molecule has 0 radical (unpaired) electrons. The summed E-state index contributed by atoms with van der Waals surface area (Å²) in [6.45, 7) is 1.75. The number of ether oxygens (including phenoxy) is 2. The lowest BCUT2D eigenvalue weighted by atomic mass is 10.1. The van der Waals surface area contributed by atoms with Crippen molar-refractivity contribution in [3.63, 3.8) is 0 Å². The number of halogens is 1. The van der Waals surface area contributed by atoms with Gasteiger partial charge in [0.25, 0.3) is 5.91 Å². The molecule has 0 saturated carbocycles. The lowest BCUT2D eigenvalue weighted by Crippen LogP contribution is -2.37. The number of hydrogen-bond donors (Lipinski definition) is 1. The number of benzene rings is 2. The van der Waals surface area contributed by atoms with Crippen LogP contribution in [-0.2, 0) is 11.2 Å². The summed E-state index contributed by atoms with van der Waals surface area (Å²) in [7, 11) is 1.67. The van der Waals surface area contributed by atoms with Gasteiger partial charge < -0.3 is 20.1 Å². The molecule has 2 aromatic rings. The summed E-state index contributed by atoms with van der Waals surface area (Å²) in [5, 5.41) is 0. The number of carbonyl (C=O) groups excluding carboxylic acids is 1. The van der Waals surface area contributed by atoms with Crippen molar-refractivity contribution in [3.05, 3.63) is 59.4 Å². The van der Waals surface area contributed by atoms with Crippen molar-refractivity contribution in [2.24, 2.45) is 5.73 Å². The van der Waals surface area contributed by atoms with Gasteiger partial charge in [-0.2, -0.15) is 0 Å². The highest BCUT2D eigenvalue weighted by Crippen LogP contribution is 2.25. The Hall–Kier alpha value is -2.44. The van der Waals surface area contributed by atoms with E-state index in [0.29, 0.717) is 31.2 Å². The van der Waals surface area contributed by atoms with Crippen molar-refractivity contribution in [1.82, 2.24) is 4.90 Å². The highest BCUT2D eigenvalue weighted by Gasteiger charge is 2.22. The minimum atomic E-state index is -0.563. The third-order valence-corrected chi connectivity index (χ3v) is 4.86. The standard InChI is InChI=1S/C22H27FN2O3/c1-25(15-19-4-2-3-13-27-19)22(26)20-14-18(9-10-21(20)23)28-17-7-5-16(6-8-17)11-12-24/h5-10,14,19H,2-4,11-13,15,24H2,1H3. The Morgan fingerprint density at radius 2 is 1.96 bits per heavy atom. The second-order valence-electron chi connectivity index (χ2n) is 7.10. The Labute approximate surface area is 165 Å². The van der Waals surface area contributed by atoms with Crippen molar-refractivity contribution >= 4 is 5.91 Å². The fourth-order valence-corrected chi connectivity index (χ4v) is 3.30. The van der Waals surface area contributed by atoms with Crippen LogP contribution in [0.1, 0.15) is 35.2 Å². The maximum absolute atomic E-state index is 14.3. The number of nitrogens with two attached hydrogens (primary N) is 1. The molecule has 150 valence electrons. The lowest BCUT2D eigenvalue weighted by Gasteiger charge is -2.27. The van der Waals surface area contributed by atoms with E-state index in [9.17, 15) is 9.18 Å². The maximum atomic E-state index is 14.3.